The van der Waals surface area contributed by atoms with Gasteiger partial charge >= 0.3 is 0 Å². The molecule has 1 aliphatic heterocycles. The molecule has 0 saturated heterocycles. The first-order valence-corrected chi connectivity index (χ1v) is 9.02. The Balaban J connectivity index is 1.79. The van der Waals surface area contributed by atoms with E-state index >= 15 is 0 Å². The Hall–Kier alpha value is -1.08. The van der Waals surface area contributed by atoms with Crippen LogP contribution in [0.3, 0.4) is 0 Å². The second-order valence-electron chi connectivity index (χ2n) is 4.67. The molecule has 2 aromatic carbocycles. The van der Waals surface area contributed by atoms with E-state index in [4.69, 9.17) is 9.47 Å². The molecular weight excluding hydrogens is 397 g/mol. The molecular formula is C16H16INO2S. The molecule has 0 bridgehead atoms. The highest BCUT2D eigenvalue weighted by molar-refractivity contribution is 14.1. The van der Waals surface area contributed by atoms with Crippen LogP contribution in [0.15, 0.2) is 41.3 Å². The van der Waals surface area contributed by atoms with Crippen molar-refractivity contribution >= 4 is 40.0 Å². The number of rotatable bonds is 4. The molecule has 2 aromatic rings. The number of fused-ring (bicyclic) bond motifs is 1. The van der Waals surface area contributed by atoms with Crippen LogP contribution in [0.1, 0.15) is 5.56 Å². The number of hydrogen-bond donors (Lipinski definition) is 1. The van der Waals surface area contributed by atoms with Gasteiger partial charge in [-0.25, -0.2) is 0 Å². The summed E-state index contributed by atoms with van der Waals surface area (Å²) in [5, 5.41) is 3.46. The predicted octanol–water partition coefficient (Wildman–Crippen LogP) is 4.40. The van der Waals surface area contributed by atoms with Crippen molar-refractivity contribution in [3.8, 4) is 11.5 Å². The van der Waals surface area contributed by atoms with Gasteiger partial charge in [-0.3, -0.25) is 0 Å². The van der Waals surface area contributed by atoms with Crippen molar-refractivity contribution in [2.45, 2.75) is 11.4 Å². The van der Waals surface area contributed by atoms with Gasteiger partial charge in [0.15, 0.2) is 11.5 Å². The molecule has 0 aromatic heterocycles. The van der Waals surface area contributed by atoms with Gasteiger partial charge in [0.05, 0.1) is 0 Å². The molecule has 1 heterocycles. The Morgan fingerprint density at radius 3 is 2.43 bits per heavy atom. The highest BCUT2D eigenvalue weighted by Crippen LogP contribution is 2.36. The number of ether oxygens (including phenoxy) is 2. The maximum absolute atomic E-state index is 5.67. The minimum absolute atomic E-state index is 0.621. The zero-order valence-corrected chi connectivity index (χ0v) is 14.7. The molecule has 0 fully saturated rings. The maximum atomic E-state index is 5.67. The standard InChI is InChI=1S/C16H16INO2S/c1-21-16-9-15-14(19-6-7-20-15)8-11(16)10-18-13-4-2-12(17)3-5-13/h2-5,8-9,18H,6-7,10H2,1H3. The molecule has 0 aliphatic carbocycles. The third-order valence-corrected chi connectivity index (χ3v) is 4.81. The summed E-state index contributed by atoms with van der Waals surface area (Å²) in [6.07, 6.45) is 2.08. The van der Waals surface area contributed by atoms with Crippen LogP contribution < -0.4 is 14.8 Å². The molecule has 0 radical (unpaired) electrons. The predicted molar refractivity (Wildman–Crippen MR) is 95.7 cm³/mol. The van der Waals surface area contributed by atoms with Crippen molar-refractivity contribution < 1.29 is 9.47 Å². The first kappa shape index (κ1) is 14.8. The van der Waals surface area contributed by atoms with Crippen molar-refractivity contribution in [3.05, 3.63) is 45.5 Å². The Morgan fingerprint density at radius 2 is 1.76 bits per heavy atom. The summed E-state index contributed by atoms with van der Waals surface area (Å²) in [6.45, 7) is 2.02. The van der Waals surface area contributed by atoms with Crippen molar-refractivity contribution in [3.63, 3.8) is 0 Å². The topological polar surface area (TPSA) is 30.5 Å². The van der Waals surface area contributed by atoms with Crippen LogP contribution in [0, 0.1) is 3.57 Å². The molecule has 3 nitrogen and oxygen atoms in total. The Morgan fingerprint density at radius 1 is 1.10 bits per heavy atom. The molecule has 1 aliphatic rings. The number of benzene rings is 2. The molecule has 0 amide bonds. The number of nitrogens with one attached hydrogen (secondary N) is 1. The van der Waals surface area contributed by atoms with Crippen molar-refractivity contribution in [1.82, 2.24) is 0 Å². The van der Waals surface area contributed by atoms with Gasteiger partial charge in [-0.15, -0.1) is 11.8 Å². The number of thioether (sulfide) groups is 1. The first-order valence-electron chi connectivity index (χ1n) is 6.72. The van der Waals surface area contributed by atoms with Gasteiger partial charge in [0.25, 0.3) is 0 Å². The Kier molecular flexibility index (Phi) is 4.80. The minimum atomic E-state index is 0.621. The summed E-state index contributed by atoms with van der Waals surface area (Å²) in [6, 6.07) is 12.5. The Bertz CT molecular complexity index is 631. The van der Waals surface area contributed by atoms with Gasteiger partial charge in [0, 0.05) is 20.7 Å². The number of hydrogen-bond acceptors (Lipinski definition) is 4. The van der Waals surface area contributed by atoms with Crippen LogP contribution in [-0.4, -0.2) is 19.5 Å². The van der Waals surface area contributed by atoms with E-state index in [9.17, 15) is 0 Å². The second kappa shape index (κ2) is 6.79. The summed E-state index contributed by atoms with van der Waals surface area (Å²) < 4.78 is 12.5. The van der Waals surface area contributed by atoms with Crippen LogP contribution in [0.2, 0.25) is 0 Å². The lowest BCUT2D eigenvalue weighted by molar-refractivity contribution is 0.171. The molecule has 0 unspecified atom stereocenters. The lowest BCUT2D eigenvalue weighted by atomic mass is 10.2. The van der Waals surface area contributed by atoms with Crippen LogP contribution >= 0.6 is 34.4 Å². The summed E-state index contributed by atoms with van der Waals surface area (Å²) >= 11 is 4.04. The van der Waals surface area contributed by atoms with Gasteiger partial charge in [0.2, 0.25) is 0 Å². The molecule has 0 saturated carbocycles. The average Bonchev–Trinajstić information content (AvgIpc) is 2.53. The maximum Gasteiger partial charge on any atom is 0.162 e. The van der Waals surface area contributed by atoms with E-state index in [2.05, 4.69) is 70.6 Å². The van der Waals surface area contributed by atoms with Gasteiger partial charge in [-0.1, -0.05) is 0 Å². The van der Waals surface area contributed by atoms with E-state index in [1.165, 1.54) is 14.0 Å². The van der Waals surface area contributed by atoms with E-state index in [1.807, 2.05) is 0 Å². The monoisotopic (exact) mass is 413 g/mol. The van der Waals surface area contributed by atoms with Crippen LogP contribution in [0.5, 0.6) is 11.5 Å². The SMILES string of the molecule is CSc1cc2c(cc1CNc1ccc(I)cc1)OCCO2. The molecule has 1 N–H and O–H groups in total. The Labute approximate surface area is 142 Å². The molecule has 3 rings (SSSR count). The van der Waals surface area contributed by atoms with Crippen molar-refractivity contribution in [2.24, 2.45) is 0 Å². The van der Waals surface area contributed by atoms with E-state index in [0.29, 0.717) is 13.2 Å². The average molecular weight is 413 g/mol. The molecule has 5 heteroatoms. The van der Waals surface area contributed by atoms with E-state index < -0.39 is 0 Å². The summed E-state index contributed by atoms with van der Waals surface area (Å²) in [4.78, 5) is 1.22. The smallest absolute Gasteiger partial charge is 0.162 e. The lowest BCUT2D eigenvalue weighted by Crippen LogP contribution is -2.16. The molecule has 21 heavy (non-hydrogen) atoms. The minimum Gasteiger partial charge on any atom is -0.486 e. The third-order valence-electron chi connectivity index (χ3n) is 3.27. The van der Waals surface area contributed by atoms with Gasteiger partial charge in [-0.05, 0) is 70.8 Å². The molecule has 110 valence electrons. The van der Waals surface area contributed by atoms with E-state index in [1.54, 1.807) is 11.8 Å². The van der Waals surface area contributed by atoms with E-state index in [-0.39, 0.29) is 0 Å². The van der Waals surface area contributed by atoms with Crippen molar-refractivity contribution in [2.75, 3.05) is 24.8 Å². The van der Waals surface area contributed by atoms with Crippen molar-refractivity contribution in [1.29, 1.82) is 0 Å². The van der Waals surface area contributed by atoms with Gasteiger partial charge in [-0.2, -0.15) is 0 Å². The quantitative estimate of drug-likeness (QED) is 0.595. The highest BCUT2D eigenvalue weighted by atomic mass is 127. The zero-order valence-electron chi connectivity index (χ0n) is 11.7. The number of anilines is 1. The fourth-order valence-corrected chi connectivity index (χ4v) is 3.18. The van der Waals surface area contributed by atoms with Crippen LogP contribution in [0.25, 0.3) is 0 Å². The lowest BCUT2D eigenvalue weighted by Gasteiger charge is -2.21. The second-order valence-corrected chi connectivity index (χ2v) is 6.76. The van der Waals surface area contributed by atoms with Gasteiger partial charge < -0.3 is 14.8 Å². The fourth-order valence-electron chi connectivity index (χ4n) is 2.21. The first-order chi connectivity index (χ1) is 10.3. The third kappa shape index (κ3) is 3.58. The summed E-state index contributed by atoms with van der Waals surface area (Å²) in [5.41, 5.74) is 2.35. The number of halogens is 1. The van der Waals surface area contributed by atoms with E-state index in [0.717, 1.165) is 23.7 Å². The van der Waals surface area contributed by atoms with Crippen LogP contribution in [-0.2, 0) is 6.54 Å². The normalized spacial score (nSPS) is 13.0. The molecule has 0 spiro atoms. The van der Waals surface area contributed by atoms with Gasteiger partial charge in [0.1, 0.15) is 13.2 Å². The highest BCUT2D eigenvalue weighted by Gasteiger charge is 2.15. The summed E-state index contributed by atoms with van der Waals surface area (Å²) in [5.74, 6) is 1.70. The largest absolute Gasteiger partial charge is 0.486 e. The molecule has 0 atom stereocenters. The van der Waals surface area contributed by atoms with Crippen LogP contribution in [0.4, 0.5) is 5.69 Å². The summed E-state index contributed by atoms with van der Waals surface area (Å²) in [7, 11) is 0. The zero-order chi connectivity index (χ0) is 14.7. The fraction of sp³-hybridized carbons (Fsp3) is 0.250.